The Bertz CT molecular complexity index is 1850. The van der Waals surface area contributed by atoms with Crippen LogP contribution in [0, 0.1) is 5.92 Å². The van der Waals surface area contributed by atoms with Crippen molar-refractivity contribution in [2.75, 3.05) is 67.3 Å². The highest BCUT2D eigenvalue weighted by Crippen LogP contribution is 2.41. The molecule has 1 unspecified atom stereocenters. The summed E-state index contributed by atoms with van der Waals surface area (Å²) in [6.07, 6.45) is 5.44. The molecule has 2 saturated heterocycles. The number of aromatic nitrogens is 2. The van der Waals surface area contributed by atoms with Crippen molar-refractivity contribution < 1.29 is 28.5 Å². The molecule has 4 aromatic rings. The standard InChI is InChI=1S/C42H52N4O6/c1-30(2)17-25-52-26-24-46-35-14-10-9-13-34(35)43-40(46)38(47)31-15-20-44(21-16-31)22-18-42(33-11-7-6-8-12-33)19-23-45(29-42)41(48)32-27-36(49-3)39(51-5)37(28-32)50-4/h6-14,17,27-28,31H,15-16,18-26,29H2,1-5H3. The van der Waals surface area contributed by atoms with Gasteiger partial charge in [-0.2, -0.15) is 0 Å². The number of benzene rings is 3. The topological polar surface area (TPSA) is 95.4 Å². The zero-order valence-electron chi connectivity index (χ0n) is 31.2. The summed E-state index contributed by atoms with van der Waals surface area (Å²) in [6, 6.07) is 22.0. The van der Waals surface area contributed by atoms with E-state index >= 15 is 0 Å². The van der Waals surface area contributed by atoms with E-state index in [9.17, 15) is 9.59 Å². The van der Waals surface area contributed by atoms with E-state index in [0.717, 1.165) is 56.4 Å². The second-order valence-corrected chi connectivity index (χ2v) is 14.2. The molecule has 2 fully saturated rings. The largest absolute Gasteiger partial charge is 0.493 e. The third-order valence-electron chi connectivity index (χ3n) is 10.7. The Morgan fingerprint density at radius 3 is 2.25 bits per heavy atom. The summed E-state index contributed by atoms with van der Waals surface area (Å²) in [5.74, 6) is 1.92. The van der Waals surface area contributed by atoms with Crippen molar-refractivity contribution in [1.29, 1.82) is 0 Å². The molecule has 1 amide bonds. The number of carbonyl (C=O) groups excluding carboxylic acids is 2. The van der Waals surface area contributed by atoms with E-state index in [-0.39, 0.29) is 23.0 Å². The number of Topliss-reactive ketones (excluding diaryl/α,β-unsaturated/α-hetero) is 1. The molecule has 0 aliphatic carbocycles. The number of rotatable bonds is 15. The zero-order valence-corrected chi connectivity index (χ0v) is 31.2. The van der Waals surface area contributed by atoms with Gasteiger partial charge in [-0.15, -0.1) is 0 Å². The Hall–Kier alpha value is -4.67. The molecule has 0 spiro atoms. The van der Waals surface area contributed by atoms with Gasteiger partial charge < -0.3 is 33.3 Å². The van der Waals surface area contributed by atoms with Crippen molar-refractivity contribution in [3.8, 4) is 17.2 Å². The van der Waals surface area contributed by atoms with Crippen molar-refractivity contribution in [1.82, 2.24) is 19.4 Å². The number of fused-ring (bicyclic) bond motifs is 1. The van der Waals surface area contributed by atoms with E-state index in [2.05, 4.69) is 49.1 Å². The zero-order chi connectivity index (χ0) is 36.7. The van der Waals surface area contributed by atoms with E-state index in [0.29, 0.717) is 61.5 Å². The van der Waals surface area contributed by atoms with Crippen LogP contribution in [0.1, 0.15) is 66.1 Å². The number of imidazole rings is 1. The lowest BCUT2D eigenvalue weighted by Gasteiger charge is -2.36. The number of amides is 1. The first-order valence-corrected chi connectivity index (χ1v) is 18.3. The van der Waals surface area contributed by atoms with E-state index in [4.69, 9.17) is 23.9 Å². The van der Waals surface area contributed by atoms with Gasteiger partial charge in [0.2, 0.25) is 11.5 Å². The summed E-state index contributed by atoms with van der Waals surface area (Å²) in [6.45, 7) is 9.63. The molecule has 0 N–H and O–H groups in total. The third-order valence-corrected chi connectivity index (χ3v) is 10.7. The highest BCUT2D eigenvalue weighted by Gasteiger charge is 2.42. The first-order chi connectivity index (χ1) is 25.3. The first kappa shape index (κ1) is 37.1. The quantitative estimate of drug-likeness (QED) is 0.0756. The molecule has 52 heavy (non-hydrogen) atoms. The number of piperidine rings is 1. The molecule has 1 aromatic heterocycles. The second kappa shape index (κ2) is 16.8. The molecular weight excluding hydrogens is 656 g/mol. The van der Waals surface area contributed by atoms with Crippen LogP contribution >= 0.6 is 0 Å². The number of hydrogen-bond donors (Lipinski definition) is 0. The number of nitrogens with zero attached hydrogens (tertiary/aromatic N) is 4. The molecule has 6 rings (SSSR count). The maximum Gasteiger partial charge on any atom is 0.254 e. The second-order valence-electron chi connectivity index (χ2n) is 14.2. The lowest BCUT2D eigenvalue weighted by Crippen LogP contribution is -2.41. The molecule has 276 valence electrons. The van der Waals surface area contributed by atoms with Crippen LogP contribution in [0.15, 0.2) is 78.4 Å². The highest BCUT2D eigenvalue weighted by molar-refractivity contribution is 5.98. The number of likely N-dealkylation sites (tertiary alicyclic amines) is 2. The van der Waals surface area contributed by atoms with Crippen LogP contribution in [0.25, 0.3) is 11.0 Å². The molecule has 0 radical (unpaired) electrons. The van der Waals surface area contributed by atoms with Crippen molar-refractivity contribution >= 4 is 22.7 Å². The van der Waals surface area contributed by atoms with Crippen LogP contribution < -0.4 is 14.2 Å². The summed E-state index contributed by atoms with van der Waals surface area (Å²) in [4.78, 5) is 37.2. The summed E-state index contributed by atoms with van der Waals surface area (Å²) in [5.41, 5.74) is 4.61. The van der Waals surface area contributed by atoms with E-state index < -0.39 is 0 Å². The van der Waals surface area contributed by atoms with Gasteiger partial charge in [-0.1, -0.05) is 54.1 Å². The van der Waals surface area contributed by atoms with Gasteiger partial charge in [0.05, 0.1) is 45.6 Å². The number of carbonyl (C=O) groups is 2. The fourth-order valence-corrected chi connectivity index (χ4v) is 7.74. The minimum Gasteiger partial charge on any atom is -0.493 e. The molecule has 10 heteroatoms. The fraction of sp³-hybridized carbons (Fsp3) is 0.452. The van der Waals surface area contributed by atoms with Crippen molar-refractivity contribution in [2.24, 2.45) is 5.92 Å². The molecule has 3 heterocycles. The van der Waals surface area contributed by atoms with Crippen LogP contribution in [-0.2, 0) is 16.7 Å². The molecule has 3 aromatic carbocycles. The Balaban J connectivity index is 1.11. The average Bonchev–Trinajstić information content (AvgIpc) is 3.79. The van der Waals surface area contributed by atoms with Gasteiger partial charge >= 0.3 is 0 Å². The monoisotopic (exact) mass is 708 g/mol. The van der Waals surface area contributed by atoms with Crippen LogP contribution in [0.4, 0.5) is 0 Å². The summed E-state index contributed by atoms with van der Waals surface area (Å²) < 4.78 is 24.4. The van der Waals surface area contributed by atoms with Crippen LogP contribution in [0.2, 0.25) is 0 Å². The normalized spacial score (nSPS) is 18.1. The molecular formula is C42H52N4O6. The van der Waals surface area contributed by atoms with Crippen molar-refractivity contribution in [3.05, 3.63) is 95.3 Å². The Morgan fingerprint density at radius 1 is 0.885 bits per heavy atom. The molecule has 10 nitrogen and oxygen atoms in total. The summed E-state index contributed by atoms with van der Waals surface area (Å²) in [5, 5.41) is 0. The van der Waals surface area contributed by atoms with E-state index in [1.165, 1.54) is 11.1 Å². The van der Waals surface area contributed by atoms with Gasteiger partial charge in [-0.3, -0.25) is 9.59 Å². The number of hydrogen-bond acceptors (Lipinski definition) is 8. The van der Waals surface area contributed by atoms with Gasteiger partial charge in [-0.05, 0) is 89.0 Å². The lowest BCUT2D eigenvalue weighted by atomic mass is 9.76. The lowest BCUT2D eigenvalue weighted by molar-refractivity contribution is 0.0777. The smallest absolute Gasteiger partial charge is 0.254 e. The van der Waals surface area contributed by atoms with Crippen molar-refractivity contribution in [3.63, 3.8) is 0 Å². The Labute approximate surface area is 307 Å². The minimum absolute atomic E-state index is 0.0538. The summed E-state index contributed by atoms with van der Waals surface area (Å²) >= 11 is 0. The average molecular weight is 709 g/mol. The van der Waals surface area contributed by atoms with Gasteiger partial charge in [-0.25, -0.2) is 4.98 Å². The van der Waals surface area contributed by atoms with Gasteiger partial charge in [0, 0.05) is 36.5 Å². The third kappa shape index (κ3) is 8.03. The van der Waals surface area contributed by atoms with E-state index in [1.807, 2.05) is 39.8 Å². The Morgan fingerprint density at radius 2 is 1.58 bits per heavy atom. The van der Waals surface area contributed by atoms with Crippen molar-refractivity contribution in [2.45, 2.75) is 51.5 Å². The number of methoxy groups -OCH3 is 3. The van der Waals surface area contributed by atoms with Gasteiger partial charge in [0.1, 0.15) is 0 Å². The minimum atomic E-state index is -0.178. The molecule has 0 bridgehead atoms. The van der Waals surface area contributed by atoms with Gasteiger partial charge in [0.25, 0.3) is 5.91 Å². The van der Waals surface area contributed by atoms with E-state index in [1.54, 1.807) is 33.5 Å². The maximum absolute atomic E-state index is 14.0. The Kier molecular flexibility index (Phi) is 12.0. The summed E-state index contributed by atoms with van der Waals surface area (Å²) in [7, 11) is 4.67. The number of ketones is 1. The number of ether oxygens (including phenoxy) is 4. The van der Waals surface area contributed by atoms with Gasteiger partial charge in [0.15, 0.2) is 17.3 Å². The first-order valence-electron chi connectivity index (χ1n) is 18.3. The highest BCUT2D eigenvalue weighted by atomic mass is 16.5. The predicted molar refractivity (Wildman–Crippen MR) is 203 cm³/mol. The molecule has 1 atom stereocenters. The SMILES string of the molecule is COc1cc(C(=O)N2CCC(CCN3CCC(C(=O)c4nc5ccccc5n4CCOCC=C(C)C)CC3)(c3ccccc3)C2)cc(OC)c1OC. The van der Waals surface area contributed by atoms with Crippen LogP contribution in [0.5, 0.6) is 17.2 Å². The predicted octanol–water partition coefficient (Wildman–Crippen LogP) is 6.81. The van der Waals surface area contributed by atoms with Crippen LogP contribution in [0.3, 0.4) is 0 Å². The number of allylic oxidation sites excluding steroid dienone is 1. The number of para-hydroxylation sites is 2. The maximum atomic E-state index is 14.0. The fourth-order valence-electron chi connectivity index (χ4n) is 7.74. The molecule has 2 aliphatic heterocycles. The molecule has 0 saturated carbocycles. The van der Waals surface area contributed by atoms with Crippen LogP contribution in [-0.4, -0.2) is 98.3 Å². The molecule has 2 aliphatic rings.